The molecule has 1 N–H and O–H groups in total. The Morgan fingerprint density at radius 3 is 2.10 bits per heavy atom. The van der Waals surface area contributed by atoms with E-state index in [-0.39, 0.29) is 5.56 Å². The molecule has 0 saturated carbocycles. The van der Waals surface area contributed by atoms with Crippen LogP contribution in [0.2, 0.25) is 0 Å². The molecule has 0 radical (unpaired) electrons. The molecule has 1 aromatic heterocycles. The predicted octanol–water partition coefficient (Wildman–Crippen LogP) is 2.34. The number of aromatic nitrogens is 2. The molecule has 0 spiro atoms. The van der Waals surface area contributed by atoms with Crippen LogP contribution in [-0.4, -0.2) is 23.4 Å². The Morgan fingerprint density at radius 1 is 0.897 bits per heavy atom. The minimum Gasteiger partial charge on any atom is -0.497 e. The number of hydrogen-bond donors (Lipinski definition) is 1. The van der Waals surface area contributed by atoms with Gasteiger partial charge in [-0.05, 0) is 29.3 Å². The molecule has 0 bridgehead atoms. The fourth-order valence-corrected chi connectivity index (χ4v) is 3.51. The van der Waals surface area contributed by atoms with Crippen molar-refractivity contribution >= 4 is 11.4 Å². The zero-order valence-electron chi connectivity index (χ0n) is 16.6. The van der Waals surface area contributed by atoms with Crippen LogP contribution in [-0.2, 0) is 14.1 Å². The first-order valence-electron chi connectivity index (χ1n) is 9.06. The van der Waals surface area contributed by atoms with E-state index in [2.05, 4.69) is 5.32 Å². The number of anilines is 1. The molecule has 1 aliphatic carbocycles. The Hall–Kier alpha value is -3.74. The molecule has 1 aliphatic heterocycles. The first-order chi connectivity index (χ1) is 13.9. The van der Waals surface area contributed by atoms with Gasteiger partial charge >= 0.3 is 5.69 Å². The van der Waals surface area contributed by atoms with Crippen molar-refractivity contribution in [3.63, 3.8) is 0 Å². The summed E-state index contributed by atoms with van der Waals surface area (Å²) < 4.78 is 13.4. The summed E-state index contributed by atoms with van der Waals surface area (Å²) in [6.45, 7) is 0. The van der Waals surface area contributed by atoms with E-state index in [0.29, 0.717) is 28.5 Å². The summed E-state index contributed by atoms with van der Waals surface area (Å²) in [6, 6.07) is 5.46. The maximum Gasteiger partial charge on any atom is 0.332 e. The number of nitrogens with zero attached hydrogens (tertiary/aromatic N) is 2. The van der Waals surface area contributed by atoms with Crippen molar-refractivity contribution in [3.8, 4) is 11.5 Å². The van der Waals surface area contributed by atoms with Gasteiger partial charge in [-0.25, -0.2) is 4.79 Å². The first-order valence-corrected chi connectivity index (χ1v) is 9.06. The molecule has 2 aliphatic rings. The highest BCUT2D eigenvalue weighted by molar-refractivity contribution is 5.91. The van der Waals surface area contributed by atoms with Crippen molar-refractivity contribution in [3.05, 3.63) is 91.8 Å². The lowest BCUT2D eigenvalue weighted by atomic mass is 9.94. The summed E-state index contributed by atoms with van der Waals surface area (Å²) >= 11 is 0. The molecule has 0 unspecified atom stereocenters. The summed E-state index contributed by atoms with van der Waals surface area (Å²) in [5, 5.41) is 3.26. The van der Waals surface area contributed by atoms with Gasteiger partial charge in [-0.15, -0.1) is 0 Å². The number of hydrogen-bond acceptors (Lipinski definition) is 5. The quantitative estimate of drug-likeness (QED) is 0.869. The third-order valence-electron chi connectivity index (χ3n) is 5.11. The van der Waals surface area contributed by atoms with Gasteiger partial charge < -0.3 is 14.8 Å². The zero-order chi connectivity index (χ0) is 20.7. The maximum atomic E-state index is 13.1. The standard InChI is InChI=1S/C22H21N3O4/c1-24-20-19(21(26)25(2)22(24)27)17(12-18(23-20)13-7-5-6-8-13)14-9-15(28-3)11-16(10-14)29-4/h5-12,23H,1-4H3. The van der Waals surface area contributed by atoms with Crippen LogP contribution in [0.25, 0.3) is 5.57 Å². The van der Waals surface area contributed by atoms with E-state index in [1.165, 1.54) is 11.6 Å². The van der Waals surface area contributed by atoms with Crippen LogP contribution in [0.5, 0.6) is 11.5 Å². The Labute approximate surface area is 167 Å². The minimum atomic E-state index is -0.396. The van der Waals surface area contributed by atoms with Gasteiger partial charge in [0.25, 0.3) is 5.56 Å². The highest BCUT2D eigenvalue weighted by Gasteiger charge is 2.26. The molecule has 2 aromatic rings. The lowest BCUT2D eigenvalue weighted by Gasteiger charge is -2.25. The number of nitrogens with one attached hydrogen (secondary N) is 1. The van der Waals surface area contributed by atoms with Crippen molar-refractivity contribution in [1.29, 1.82) is 0 Å². The van der Waals surface area contributed by atoms with E-state index < -0.39 is 5.69 Å². The van der Waals surface area contributed by atoms with Crippen molar-refractivity contribution in [2.24, 2.45) is 14.1 Å². The monoisotopic (exact) mass is 391 g/mol. The number of rotatable bonds is 3. The second-order valence-corrected chi connectivity index (χ2v) is 6.80. The Kier molecular flexibility index (Phi) is 4.50. The Morgan fingerprint density at radius 2 is 1.52 bits per heavy atom. The second kappa shape index (κ2) is 7.01. The van der Waals surface area contributed by atoms with E-state index in [1.54, 1.807) is 27.3 Å². The molecule has 0 saturated heterocycles. The van der Waals surface area contributed by atoms with Crippen LogP contribution in [0, 0.1) is 0 Å². The number of methoxy groups -OCH3 is 2. The van der Waals surface area contributed by atoms with Crippen molar-refractivity contribution in [2.45, 2.75) is 0 Å². The van der Waals surface area contributed by atoms with E-state index in [4.69, 9.17) is 9.47 Å². The summed E-state index contributed by atoms with van der Waals surface area (Å²) in [5.41, 5.74) is 2.84. The molecular formula is C22H21N3O4. The fraction of sp³-hybridized carbons (Fsp3) is 0.182. The number of ether oxygens (including phenoxy) is 2. The molecule has 1 aromatic carbocycles. The van der Waals surface area contributed by atoms with Crippen molar-refractivity contribution in [2.75, 3.05) is 19.5 Å². The minimum absolute atomic E-state index is 0.370. The van der Waals surface area contributed by atoms with Gasteiger partial charge in [0, 0.05) is 31.4 Å². The molecule has 0 atom stereocenters. The van der Waals surface area contributed by atoms with Gasteiger partial charge in [0.1, 0.15) is 17.3 Å². The van der Waals surface area contributed by atoms with E-state index in [9.17, 15) is 9.59 Å². The zero-order valence-corrected chi connectivity index (χ0v) is 16.6. The van der Waals surface area contributed by atoms with Crippen LogP contribution in [0.3, 0.4) is 0 Å². The Bertz CT molecular complexity index is 1220. The van der Waals surface area contributed by atoms with Crippen LogP contribution in [0.4, 0.5) is 5.82 Å². The molecule has 148 valence electrons. The van der Waals surface area contributed by atoms with Gasteiger partial charge in [-0.3, -0.25) is 13.9 Å². The molecule has 29 heavy (non-hydrogen) atoms. The Balaban J connectivity index is 2.08. The van der Waals surface area contributed by atoms with Crippen LogP contribution in [0.1, 0.15) is 11.1 Å². The van der Waals surface area contributed by atoms with Gasteiger partial charge in [-0.2, -0.15) is 0 Å². The van der Waals surface area contributed by atoms with Gasteiger partial charge in [0.05, 0.1) is 19.8 Å². The van der Waals surface area contributed by atoms with E-state index in [0.717, 1.165) is 21.4 Å². The highest BCUT2D eigenvalue weighted by atomic mass is 16.5. The molecule has 7 heteroatoms. The lowest BCUT2D eigenvalue weighted by molar-refractivity contribution is 0.394. The second-order valence-electron chi connectivity index (χ2n) is 6.80. The number of fused-ring (bicyclic) bond motifs is 1. The fourth-order valence-electron chi connectivity index (χ4n) is 3.51. The third-order valence-corrected chi connectivity index (χ3v) is 5.11. The average Bonchev–Trinajstić information content (AvgIpc) is 3.29. The SMILES string of the molecule is COc1cc(OC)cc(C2=CC(=C3C=CC=C3)Nc3c2c(=O)n(C)c(=O)n3C)c1. The molecular weight excluding hydrogens is 370 g/mol. The summed E-state index contributed by atoms with van der Waals surface area (Å²) in [4.78, 5) is 25.6. The summed E-state index contributed by atoms with van der Waals surface area (Å²) in [7, 11) is 6.28. The van der Waals surface area contributed by atoms with Crippen molar-refractivity contribution in [1.82, 2.24) is 9.13 Å². The molecule has 2 heterocycles. The van der Waals surface area contributed by atoms with Crippen LogP contribution >= 0.6 is 0 Å². The lowest BCUT2D eigenvalue weighted by Crippen LogP contribution is -2.41. The number of benzene rings is 1. The molecule has 0 fully saturated rings. The van der Waals surface area contributed by atoms with Gasteiger partial charge in [-0.1, -0.05) is 24.3 Å². The van der Waals surface area contributed by atoms with Gasteiger partial charge in [0.15, 0.2) is 0 Å². The maximum absolute atomic E-state index is 13.1. The van der Waals surface area contributed by atoms with E-state index >= 15 is 0 Å². The topological polar surface area (TPSA) is 74.5 Å². The number of allylic oxidation sites excluding steroid dienone is 6. The molecule has 0 amide bonds. The largest absolute Gasteiger partial charge is 0.497 e. The molecule has 7 nitrogen and oxygen atoms in total. The summed E-state index contributed by atoms with van der Waals surface area (Å²) in [5.74, 6) is 1.67. The third kappa shape index (κ3) is 3.00. The van der Waals surface area contributed by atoms with Crippen LogP contribution < -0.4 is 26.0 Å². The van der Waals surface area contributed by atoms with Crippen LogP contribution in [0.15, 0.2) is 69.4 Å². The van der Waals surface area contributed by atoms with Gasteiger partial charge in [0.2, 0.25) is 0 Å². The van der Waals surface area contributed by atoms with E-state index in [1.807, 2.05) is 42.5 Å². The molecule has 4 rings (SSSR count). The normalized spacial score (nSPS) is 14.6. The highest BCUT2D eigenvalue weighted by Crippen LogP contribution is 2.37. The predicted molar refractivity (Wildman–Crippen MR) is 112 cm³/mol. The first kappa shape index (κ1) is 18.6. The smallest absolute Gasteiger partial charge is 0.332 e. The van der Waals surface area contributed by atoms with Crippen molar-refractivity contribution < 1.29 is 9.47 Å². The summed E-state index contributed by atoms with van der Waals surface area (Å²) in [6.07, 6.45) is 9.71. The average molecular weight is 391 g/mol.